The summed E-state index contributed by atoms with van der Waals surface area (Å²) in [5.74, 6) is 0.0712. The third-order valence-corrected chi connectivity index (χ3v) is 4.48. The van der Waals surface area contributed by atoms with Gasteiger partial charge in [0, 0.05) is 13.1 Å². The molecule has 8 heteroatoms. The molecule has 2 amide bonds. The molecule has 1 aliphatic rings. The van der Waals surface area contributed by atoms with Crippen molar-refractivity contribution in [1.29, 1.82) is 0 Å². The Balaban J connectivity index is 2.10. The zero-order chi connectivity index (χ0) is 19.3. The topological polar surface area (TPSA) is 111 Å². The molecule has 0 unspecified atom stereocenters. The normalized spacial score (nSPS) is 18.2. The van der Waals surface area contributed by atoms with Crippen LogP contribution >= 0.6 is 0 Å². The summed E-state index contributed by atoms with van der Waals surface area (Å²) in [6.45, 7) is 2.30. The van der Waals surface area contributed by atoms with Crippen LogP contribution < -0.4 is 19.9 Å². The van der Waals surface area contributed by atoms with Crippen molar-refractivity contribution in [2.24, 2.45) is 11.7 Å². The van der Waals surface area contributed by atoms with E-state index in [9.17, 15) is 14.7 Å². The molecule has 0 aliphatic carbocycles. The first-order chi connectivity index (χ1) is 12.4. The second kappa shape index (κ2) is 8.75. The van der Waals surface area contributed by atoms with Gasteiger partial charge in [0.2, 0.25) is 11.7 Å². The van der Waals surface area contributed by atoms with Crippen molar-refractivity contribution in [3.05, 3.63) is 17.7 Å². The first kappa shape index (κ1) is 19.8. The van der Waals surface area contributed by atoms with Crippen molar-refractivity contribution >= 4 is 11.8 Å². The maximum absolute atomic E-state index is 12.4. The molecule has 1 aromatic carbocycles. The van der Waals surface area contributed by atoms with Gasteiger partial charge in [-0.25, -0.2) is 0 Å². The van der Waals surface area contributed by atoms with E-state index in [1.807, 2.05) is 0 Å². The summed E-state index contributed by atoms with van der Waals surface area (Å²) in [4.78, 5) is 25.4. The van der Waals surface area contributed by atoms with Crippen LogP contribution in [0.15, 0.2) is 12.1 Å². The van der Waals surface area contributed by atoms with Gasteiger partial charge in [-0.2, -0.15) is 0 Å². The van der Waals surface area contributed by atoms with Crippen molar-refractivity contribution in [1.82, 2.24) is 4.90 Å². The molecule has 1 saturated heterocycles. The molecule has 0 aromatic heterocycles. The lowest BCUT2D eigenvalue weighted by atomic mass is 9.97. The number of nitrogens with zero attached hydrogens (tertiary/aromatic N) is 1. The summed E-state index contributed by atoms with van der Waals surface area (Å²) >= 11 is 0. The summed E-state index contributed by atoms with van der Waals surface area (Å²) < 4.78 is 16.3. The van der Waals surface area contributed by atoms with Gasteiger partial charge in [-0.05, 0) is 37.5 Å². The number of carbonyl (C=O) groups is 2. The Morgan fingerprint density at radius 2 is 1.92 bits per heavy atom. The Labute approximate surface area is 152 Å². The minimum absolute atomic E-state index is 0.216. The average molecular weight is 366 g/mol. The van der Waals surface area contributed by atoms with E-state index >= 15 is 0 Å². The predicted octanol–water partition coefficient (Wildman–Crippen LogP) is 0.860. The SMILES string of the molecule is COc1cc([C@@H](C)O)cc(OC)c1OCC(=O)N1CCC[C@@H](C(N)=O)C1. The van der Waals surface area contributed by atoms with Gasteiger partial charge in [0.1, 0.15) is 0 Å². The van der Waals surface area contributed by atoms with E-state index in [1.54, 1.807) is 24.0 Å². The molecule has 8 nitrogen and oxygen atoms in total. The molecule has 26 heavy (non-hydrogen) atoms. The fraction of sp³-hybridized carbons (Fsp3) is 0.556. The number of amides is 2. The molecule has 1 heterocycles. The Bertz CT molecular complexity index is 636. The largest absolute Gasteiger partial charge is 0.493 e. The predicted molar refractivity (Wildman–Crippen MR) is 94.2 cm³/mol. The van der Waals surface area contributed by atoms with Crippen LogP contribution in [0.25, 0.3) is 0 Å². The molecule has 1 fully saturated rings. The second-order valence-electron chi connectivity index (χ2n) is 6.30. The number of rotatable bonds is 7. The van der Waals surface area contributed by atoms with Crippen molar-refractivity contribution < 1.29 is 28.9 Å². The Morgan fingerprint density at radius 1 is 1.31 bits per heavy atom. The average Bonchev–Trinajstić information content (AvgIpc) is 2.65. The lowest BCUT2D eigenvalue weighted by molar-refractivity contribution is -0.136. The van der Waals surface area contributed by atoms with Gasteiger partial charge in [-0.3, -0.25) is 9.59 Å². The first-order valence-electron chi connectivity index (χ1n) is 8.51. The monoisotopic (exact) mass is 366 g/mol. The fourth-order valence-corrected chi connectivity index (χ4v) is 2.94. The summed E-state index contributed by atoms with van der Waals surface area (Å²) in [6, 6.07) is 3.27. The van der Waals surface area contributed by atoms with E-state index in [4.69, 9.17) is 19.9 Å². The van der Waals surface area contributed by atoms with Crippen molar-refractivity contribution in [2.75, 3.05) is 33.9 Å². The number of hydrogen-bond acceptors (Lipinski definition) is 6. The second-order valence-corrected chi connectivity index (χ2v) is 6.30. The molecule has 0 saturated carbocycles. The molecule has 1 aromatic rings. The zero-order valence-electron chi connectivity index (χ0n) is 15.4. The molecule has 3 N–H and O–H groups in total. The summed E-state index contributed by atoms with van der Waals surface area (Å²) in [5, 5.41) is 9.76. The van der Waals surface area contributed by atoms with Crippen LogP contribution in [0.5, 0.6) is 17.2 Å². The number of piperidine rings is 1. The number of aliphatic hydroxyl groups is 1. The molecule has 0 spiro atoms. The van der Waals surface area contributed by atoms with Crippen LogP contribution in [0.2, 0.25) is 0 Å². The Morgan fingerprint density at radius 3 is 2.42 bits per heavy atom. The zero-order valence-corrected chi connectivity index (χ0v) is 15.4. The molecular weight excluding hydrogens is 340 g/mol. The first-order valence-corrected chi connectivity index (χ1v) is 8.51. The number of nitrogens with two attached hydrogens (primary N) is 1. The van der Waals surface area contributed by atoms with E-state index in [-0.39, 0.29) is 30.1 Å². The molecule has 1 aliphatic heterocycles. The summed E-state index contributed by atoms with van der Waals surface area (Å²) in [6.07, 6.45) is 0.727. The van der Waals surface area contributed by atoms with Crippen molar-refractivity contribution in [3.8, 4) is 17.2 Å². The van der Waals surface area contributed by atoms with Gasteiger partial charge in [0.05, 0.1) is 26.2 Å². The molecule has 144 valence electrons. The summed E-state index contributed by atoms with van der Waals surface area (Å²) in [5.41, 5.74) is 5.96. The van der Waals surface area contributed by atoms with E-state index in [0.29, 0.717) is 36.6 Å². The highest BCUT2D eigenvalue weighted by Crippen LogP contribution is 2.40. The quantitative estimate of drug-likeness (QED) is 0.740. The number of methoxy groups -OCH3 is 2. The highest BCUT2D eigenvalue weighted by molar-refractivity contribution is 5.81. The number of ether oxygens (including phenoxy) is 3. The lowest BCUT2D eigenvalue weighted by Crippen LogP contribution is -2.45. The highest BCUT2D eigenvalue weighted by Gasteiger charge is 2.27. The fourth-order valence-electron chi connectivity index (χ4n) is 2.94. The molecule has 2 rings (SSSR count). The third kappa shape index (κ3) is 4.57. The van der Waals surface area contributed by atoms with E-state index < -0.39 is 6.10 Å². The highest BCUT2D eigenvalue weighted by atomic mass is 16.5. The molecule has 2 atom stereocenters. The molecule has 0 bridgehead atoms. The van der Waals surface area contributed by atoms with Crippen LogP contribution in [-0.2, 0) is 9.59 Å². The smallest absolute Gasteiger partial charge is 0.260 e. The van der Waals surface area contributed by atoms with Crippen molar-refractivity contribution in [2.45, 2.75) is 25.9 Å². The Hall–Kier alpha value is -2.48. The maximum atomic E-state index is 12.4. The van der Waals surface area contributed by atoms with Crippen LogP contribution in [0.1, 0.15) is 31.4 Å². The third-order valence-electron chi connectivity index (χ3n) is 4.48. The number of hydrogen-bond donors (Lipinski definition) is 2. The number of aliphatic hydroxyl groups excluding tert-OH is 1. The Kier molecular flexibility index (Phi) is 6.68. The van der Waals surface area contributed by atoms with Crippen LogP contribution in [0.4, 0.5) is 0 Å². The maximum Gasteiger partial charge on any atom is 0.260 e. The minimum Gasteiger partial charge on any atom is -0.493 e. The van der Waals surface area contributed by atoms with Gasteiger partial charge >= 0.3 is 0 Å². The van der Waals surface area contributed by atoms with Gasteiger partial charge in [-0.1, -0.05) is 0 Å². The van der Waals surface area contributed by atoms with Crippen LogP contribution in [0, 0.1) is 5.92 Å². The van der Waals surface area contributed by atoms with E-state index in [0.717, 1.165) is 6.42 Å². The van der Waals surface area contributed by atoms with Gasteiger partial charge in [0.15, 0.2) is 18.1 Å². The van der Waals surface area contributed by atoms with E-state index in [1.165, 1.54) is 14.2 Å². The van der Waals surface area contributed by atoms with Gasteiger partial charge in [0.25, 0.3) is 5.91 Å². The number of carbonyl (C=O) groups excluding carboxylic acids is 2. The molecular formula is C18H26N2O6. The number of likely N-dealkylation sites (tertiary alicyclic amines) is 1. The van der Waals surface area contributed by atoms with Crippen LogP contribution in [-0.4, -0.2) is 55.7 Å². The summed E-state index contributed by atoms with van der Waals surface area (Å²) in [7, 11) is 2.94. The minimum atomic E-state index is -0.701. The van der Waals surface area contributed by atoms with Crippen LogP contribution in [0.3, 0.4) is 0 Å². The van der Waals surface area contributed by atoms with Crippen molar-refractivity contribution in [3.63, 3.8) is 0 Å². The standard InChI is InChI=1S/C18H26N2O6/c1-11(21)13-7-14(24-2)17(15(8-13)25-3)26-10-16(22)20-6-4-5-12(9-20)18(19)23/h7-8,11-12,21H,4-6,9-10H2,1-3H3,(H2,19,23)/t11-,12-/m1/s1. The lowest BCUT2D eigenvalue weighted by Gasteiger charge is -2.31. The number of primary amides is 1. The van der Waals surface area contributed by atoms with Gasteiger partial charge < -0.3 is 30.0 Å². The number of benzene rings is 1. The van der Waals surface area contributed by atoms with Gasteiger partial charge in [-0.15, -0.1) is 0 Å². The van der Waals surface area contributed by atoms with E-state index in [2.05, 4.69) is 0 Å². The molecule has 0 radical (unpaired) electrons.